The number of rotatable bonds is 2. The van der Waals surface area contributed by atoms with E-state index in [-0.39, 0.29) is 15.2 Å². The fraction of sp³-hybridized carbons (Fsp3) is 0.529. The van der Waals surface area contributed by atoms with Gasteiger partial charge in [-0.2, -0.15) is 0 Å². The minimum absolute atomic E-state index is 0.170. The monoisotopic (exact) mass is 466 g/mol. The van der Waals surface area contributed by atoms with E-state index in [1.54, 1.807) is 43.4 Å². The molecule has 1 aliphatic rings. The van der Waals surface area contributed by atoms with Crippen LogP contribution in [-0.2, 0) is 4.74 Å². The van der Waals surface area contributed by atoms with E-state index < -0.39 is 29.2 Å². The molecule has 1 atom stereocenters. The zero-order chi connectivity index (χ0) is 18.8. The average Bonchev–Trinajstić information content (AvgIpc) is 2.49. The Kier molecular flexibility index (Phi) is 6.23. The molecular formula is C17H21F2IN2O3. The number of nitrogens with zero attached hydrogens (tertiary/aromatic N) is 1. The lowest BCUT2D eigenvalue weighted by atomic mass is 10.1. The molecule has 2 rings (SSSR count). The highest BCUT2D eigenvalue weighted by atomic mass is 127. The van der Waals surface area contributed by atoms with Gasteiger partial charge in [-0.25, -0.2) is 13.6 Å². The minimum atomic E-state index is -0.907. The Bertz CT molecular complexity index is 677. The molecule has 0 radical (unpaired) electrons. The van der Waals surface area contributed by atoms with E-state index in [1.165, 1.54) is 11.0 Å². The molecule has 25 heavy (non-hydrogen) atoms. The summed E-state index contributed by atoms with van der Waals surface area (Å²) in [6.45, 7) is 6.19. The second-order valence-electron chi connectivity index (χ2n) is 6.99. The van der Waals surface area contributed by atoms with Gasteiger partial charge in [-0.1, -0.05) is 0 Å². The van der Waals surface area contributed by atoms with Crippen LogP contribution in [0.5, 0.6) is 0 Å². The topological polar surface area (TPSA) is 58.6 Å². The zero-order valence-corrected chi connectivity index (χ0v) is 16.5. The first kappa shape index (κ1) is 19.9. The van der Waals surface area contributed by atoms with Gasteiger partial charge in [0.1, 0.15) is 17.2 Å². The number of benzene rings is 1. The summed E-state index contributed by atoms with van der Waals surface area (Å²) < 4.78 is 32.7. The van der Waals surface area contributed by atoms with E-state index in [0.717, 1.165) is 0 Å². The number of carbonyl (C=O) groups is 2. The second-order valence-corrected chi connectivity index (χ2v) is 8.15. The molecule has 5 nitrogen and oxygen atoms in total. The normalized spacial score (nSPS) is 18.0. The summed E-state index contributed by atoms with van der Waals surface area (Å²) in [6.07, 6.45) is 0.937. The van der Waals surface area contributed by atoms with Crippen molar-refractivity contribution in [2.75, 3.05) is 13.1 Å². The molecule has 1 aliphatic heterocycles. The summed E-state index contributed by atoms with van der Waals surface area (Å²) in [5, 5.41) is 2.72. The molecule has 1 N–H and O–H groups in total. The van der Waals surface area contributed by atoms with Crippen LogP contribution in [0.4, 0.5) is 13.6 Å². The SMILES string of the molecule is CC(C)(C)OC(=O)N1CCC[C@@H](NC(=O)c2cc(I)c(F)cc2F)C1. The Morgan fingerprint density at radius 3 is 2.60 bits per heavy atom. The van der Waals surface area contributed by atoms with Gasteiger partial charge < -0.3 is 15.0 Å². The quantitative estimate of drug-likeness (QED) is 0.535. The number of piperidine rings is 1. The summed E-state index contributed by atoms with van der Waals surface area (Å²) in [4.78, 5) is 26.0. The Hall–Kier alpha value is -1.45. The molecule has 1 saturated heterocycles. The van der Waals surface area contributed by atoms with E-state index in [4.69, 9.17) is 4.74 Å². The van der Waals surface area contributed by atoms with Crippen molar-refractivity contribution in [3.05, 3.63) is 32.9 Å². The Balaban J connectivity index is 2.02. The second kappa shape index (κ2) is 7.84. The van der Waals surface area contributed by atoms with Gasteiger partial charge in [0, 0.05) is 28.8 Å². The van der Waals surface area contributed by atoms with Crippen molar-refractivity contribution in [2.24, 2.45) is 0 Å². The molecule has 1 fully saturated rings. The molecule has 0 saturated carbocycles. The van der Waals surface area contributed by atoms with E-state index in [0.29, 0.717) is 32.0 Å². The smallest absolute Gasteiger partial charge is 0.410 e. The van der Waals surface area contributed by atoms with E-state index in [1.807, 2.05) is 0 Å². The third kappa shape index (κ3) is 5.52. The maximum atomic E-state index is 13.8. The molecule has 1 heterocycles. The molecule has 1 aromatic carbocycles. The van der Waals surface area contributed by atoms with Gasteiger partial charge in [0.25, 0.3) is 5.91 Å². The third-order valence-electron chi connectivity index (χ3n) is 3.66. The van der Waals surface area contributed by atoms with Crippen molar-refractivity contribution in [2.45, 2.75) is 45.3 Å². The molecule has 2 amide bonds. The highest BCUT2D eigenvalue weighted by Crippen LogP contribution is 2.19. The van der Waals surface area contributed by atoms with Crippen molar-refractivity contribution >= 4 is 34.6 Å². The molecule has 8 heteroatoms. The van der Waals surface area contributed by atoms with E-state index >= 15 is 0 Å². The molecule has 0 spiro atoms. The van der Waals surface area contributed by atoms with Crippen LogP contribution in [0, 0.1) is 15.2 Å². The summed E-state index contributed by atoms with van der Waals surface area (Å²) in [5.74, 6) is -2.23. The number of halogens is 3. The van der Waals surface area contributed by atoms with Crippen LogP contribution in [0.2, 0.25) is 0 Å². The van der Waals surface area contributed by atoms with Crippen LogP contribution in [0.1, 0.15) is 44.0 Å². The van der Waals surface area contributed by atoms with Crippen molar-refractivity contribution in [1.82, 2.24) is 10.2 Å². The van der Waals surface area contributed by atoms with Crippen LogP contribution < -0.4 is 5.32 Å². The van der Waals surface area contributed by atoms with Crippen LogP contribution in [-0.4, -0.2) is 41.6 Å². The lowest BCUT2D eigenvalue weighted by Crippen LogP contribution is -2.50. The molecule has 1 aromatic rings. The highest BCUT2D eigenvalue weighted by Gasteiger charge is 2.29. The van der Waals surface area contributed by atoms with E-state index in [2.05, 4.69) is 5.32 Å². The summed E-state index contributed by atoms with van der Waals surface area (Å²) in [7, 11) is 0. The first-order chi connectivity index (χ1) is 11.6. The Morgan fingerprint density at radius 1 is 1.28 bits per heavy atom. The van der Waals surface area contributed by atoms with Crippen LogP contribution in [0.3, 0.4) is 0 Å². The standard InChI is InChI=1S/C17H21F2IN2O3/c1-17(2,3)25-16(24)22-6-4-5-10(9-22)21-15(23)11-7-14(20)13(19)8-12(11)18/h7-8,10H,4-6,9H2,1-3H3,(H,21,23)/t10-/m1/s1. The predicted molar refractivity (Wildman–Crippen MR) is 97.4 cm³/mol. The van der Waals surface area contributed by atoms with E-state index in [9.17, 15) is 18.4 Å². The first-order valence-electron chi connectivity index (χ1n) is 8.00. The first-order valence-corrected chi connectivity index (χ1v) is 9.08. The maximum Gasteiger partial charge on any atom is 0.410 e. The largest absolute Gasteiger partial charge is 0.444 e. The van der Waals surface area contributed by atoms with Gasteiger partial charge in [-0.3, -0.25) is 4.79 Å². The van der Waals surface area contributed by atoms with Crippen molar-refractivity contribution in [3.8, 4) is 0 Å². The number of hydrogen-bond acceptors (Lipinski definition) is 3. The number of hydrogen-bond donors (Lipinski definition) is 1. The molecule has 0 bridgehead atoms. The van der Waals surface area contributed by atoms with Gasteiger partial charge >= 0.3 is 6.09 Å². The van der Waals surface area contributed by atoms with Crippen molar-refractivity contribution in [3.63, 3.8) is 0 Å². The number of carbonyl (C=O) groups excluding carboxylic acids is 2. The van der Waals surface area contributed by atoms with Gasteiger partial charge in [0.05, 0.1) is 5.56 Å². The lowest BCUT2D eigenvalue weighted by Gasteiger charge is -2.34. The maximum absolute atomic E-state index is 13.8. The zero-order valence-electron chi connectivity index (χ0n) is 14.4. The molecule has 138 valence electrons. The number of amides is 2. The predicted octanol–water partition coefficient (Wildman–Crippen LogP) is 3.70. The van der Waals surface area contributed by atoms with Gasteiger partial charge in [0.2, 0.25) is 0 Å². The number of ether oxygens (including phenoxy) is 1. The van der Waals surface area contributed by atoms with Crippen LogP contribution >= 0.6 is 22.6 Å². The van der Waals surface area contributed by atoms with Crippen LogP contribution in [0.25, 0.3) is 0 Å². The molecule has 0 unspecified atom stereocenters. The number of likely N-dealkylation sites (tertiary alicyclic amines) is 1. The minimum Gasteiger partial charge on any atom is -0.444 e. The Morgan fingerprint density at radius 2 is 1.96 bits per heavy atom. The summed E-state index contributed by atoms with van der Waals surface area (Å²) >= 11 is 1.70. The number of nitrogens with one attached hydrogen (secondary N) is 1. The van der Waals surface area contributed by atoms with Gasteiger partial charge in [-0.15, -0.1) is 0 Å². The summed E-state index contributed by atoms with van der Waals surface area (Å²) in [5.41, 5.74) is -0.804. The lowest BCUT2D eigenvalue weighted by molar-refractivity contribution is 0.0185. The van der Waals surface area contributed by atoms with Crippen LogP contribution in [0.15, 0.2) is 12.1 Å². The molecule has 0 aromatic heterocycles. The molecule has 0 aliphatic carbocycles. The van der Waals surface area contributed by atoms with Gasteiger partial charge in [-0.05, 0) is 62.3 Å². The fourth-order valence-corrected chi connectivity index (χ4v) is 3.01. The third-order valence-corrected chi connectivity index (χ3v) is 4.49. The Labute approximate surface area is 159 Å². The molecular weight excluding hydrogens is 445 g/mol. The average molecular weight is 466 g/mol. The van der Waals surface area contributed by atoms with Gasteiger partial charge in [0.15, 0.2) is 0 Å². The fourth-order valence-electron chi connectivity index (χ4n) is 2.55. The van der Waals surface area contributed by atoms with Crippen molar-refractivity contribution < 1.29 is 23.1 Å². The van der Waals surface area contributed by atoms with Crippen molar-refractivity contribution in [1.29, 1.82) is 0 Å². The summed E-state index contributed by atoms with van der Waals surface area (Å²) in [6, 6.07) is 1.57. The highest BCUT2D eigenvalue weighted by molar-refractivity contribution is 14.1.